The normalized spacial score (nSPS) is 13.2. The summed E-state index contributed by atoms with van der Waals surface area (Å²) in [6.07, 6.45) is 7.81. The highest BCUT2D eigenvalue weighted by molar-refractivity contribution is 7.98. The third-order valence-electron chi connectivity index (χ3n) is 4.80. The van der Waals surface area contributed by atoms with E-state index in [0.29, 0.717) is 36.3 Å². The van der Waals surface area contributed by atoms with Crippen molar-refractivity contribution in [3.05, 3.63) is 35.4 Å². The first-order valence-corrected chi connectivity index (χ1v) is 13.3. The minimum Gasteiger partial charge on any atom is -0.444 e. The molecule has 0 spiro atoms. The summed E-state index contributed by atoms with van der Waals surface area (Å²) in [6, 6.07) is 5.34. The average Bonchev–Trinajstić information content (AvgIpc) is 2.73. The van der Waals surface area contributed by atoms with Gasteiger partial charge in [0.25, 0.3) is 0 Å². The van der Waals surface area contributed by atoms with E-state index >= 15 is 0 Å². The summed E-state index contributed by atoms with van der Waals surface area (Å²) in [7, 11) is 0. The molecule has 194 valence electrons. The van der Waals surface area contributed by atoms with Gasteiger partial charge in [-0.25, -0.2) is 4.79 Å². The lowest BCUT2D eigenvalue weighted by atomic mass is 9.99. The first-order valence-electron chi connectivity index (χ1n) is 11.9. The number of hydrogen-bond donors (Lipinski definition) is 2. The van der Waals surface area contributed by atoms with Crippen LogP contribution in [0.15, 0.2) is 24.3 Å². The van der Waals surface area contributed by atoms with E-state index in [1.807, 2.05) is 34.0 Å². The zero-order valence-corrected chi connectivity index (χ0v) is 23.2. The smallest absolute Gasteiger partial charge is 0.408 e. The van der Waals surface area contributed by atoms with Crippen LogP contribution in [-0.4, -0.2) is 58.5 Å². The van der Waals surface area contributed by atoms with Crippen LogP contribution in [-0.2, 0) is 14.3 Å². The molecular weight excluding hydrogens is 462 g/mol. The van der Waals surface area contributed by atoms with Crippen molar-refractivity contribution in [3.63, 3.8) is 0 Å². The molecule has 0 aliphatic heterocycles. The maximum absolute atomic E-state index is 13.9. The van der Waals surface area contributed by atoms with Gasteiger partial charge in [-0.15, -0.1) is 6.42 Å². The second-order valence-corrected chi connectivity index (χ2v) is 11.4. The van der Waals surface area contributed by atoms with Crippen LogP contribution in [0.25, 0.3) is 0 Å². The average molecular weight is 504 g/mol. The van der Waals surface area contributed by atoms with Gasteiger partial charge >= 0.3 is 6.09 Å². The van der Waals surface area contributed by atoms with Crippen molar-refractivity contribution in [1.29, 1.82) is 0 Å². The summed E-state index contributed by atoms with van der Waals surface area (Å²) in [4.78, 5) is 41.5. The Morgan fingerprint density at radius 2 is 1.71 bits per heavy atom. The number of carbonyl (C=O) groups is 3. The second kappa shape index (κ2) is 13.4. The molecule has 0 fully saturated rings. The van der Waals surface area contributed by atoms with Crippen molar-refractivity contribution >= 4 is 29.7 Å². The molecule has 3 amide bonds. The van der Waals surface area contributed by atoms with E-state index in [-0.39, 0.29) is 11.8 Å². The standard InChI is InChI=1S/C27H41N3O4S/c1-10-17-30(24(32)21(16-18-35-9)28-25(33)34-27(6,7)8)22(23(31)29-26(3,4)5)20-14-12-19(11-2)13-15-20/h2,12-15,21-22H,10,16-18H2,1,3-9H3,(H,28,33)(H,29,31). The molecule has 1 rings (SSSR count). The van der Waals surface area contributed by atoms with E-state index in [1.54, 1.807) is 61.7 Å². The summed E-state index contributed by atoms with van der Waals surface area (Å²) in [5.41, 5.74) is 0.130. The fourth-order valence-corrected chi connectivity index (χ4v) is 3.89. The largest absolute Gasteiger partial charge is 0.444 e. The molecule has 0 aromatic heterocycles. The van der Waals surface area contributed by atoms with E-state index < -0.39 is 29.3 Å². The lowest BCUT2D eigenvalue weighted by Gasteiger charge is -2.36. The Kier molecular flexibility index (Phi) is 11.7. The predicted molar refractivity (Wildman–Crippen MR) is 143 cm³/mol. The minimum atomic E-state index is -0.884. The fourth-order valence-electron chi connectivity index (χ4n) is 3.42. The van der Waals surface area contributed by atoms with Crippen LogP contribution in [0.5, 0.6) is 0 Å². The van der Waals surface area contributed by atoms with Crippen molar-refractivity contribution in [1.82, 2.24) is 15.5 Å². The zero-order chi connectivity index (χ0) is 26.8. The van der Waals surface area contributed by atoms with Crippen LogP contribution >= 0.6 is 11.8 Å². The quantitative estimate of drug-likeness (QED) is 0.459. The summed E-state index contributed by atoms with van der Waals surface area (Å²) in [5.74, 6) is 2.60. The topological polar surface area (TPSA) is 87.7 Å². The predicted octanol–water partition coefficient (Wildman–Crippen LogP) is 4.51. The Hall–Kier alpha value is -2.66. The Morgan fingerprint density at radius 1 is 1.11 bits per heavy atom. The van der Waals surface area contributed by atoms with Crippen LogP contribution in [0, 0.1) is 12.3 Å². The van der Waals surface area contributed by atoms with E-state index in [0.717, 1.165) is 0 Å². The molecule has 2 atom stereocenters. The van der Waals surface area contributed by atoms with Gasteiger partial charge in [0.1, 0.15) is 17.7 Å². The van der Waals surface area contributed by atoms with Crippen LogP contribution in [0.2, 0.25) is 0 Å². The number of amides is 3. The number of rotatable bonds is 10. The second-order valence-electron chi connectivity index (χ2n) is 10.4. The number of nitrogens with zero attached hydrogens (tertiary/aromatic N) is 1. The molecule has 2 unspecified atom stereocenters. The van der Waals surface area contributed by atoms with Crippen LogP contribution in [0.4, 0.5) is 4.79 Å². The van der Waals surface area contributed by atoms with Gasteiger partial charge in [0.15, 0.2) is 0 Å². The Balaban J connectivity index is 3.44. The first-order chi connectivity index (χ1) is 16.2. The van der Waals surface area contributed by atoms with Gasteiger partial charge in [0, 0.05) is 17.6 Å². The molecule has 1 aromatic rings. The monoisotopic (exact) mass is 503 g/mol. The molecule has 7 nitrogen and oxygen atoms in total. The van der Waals surface area contributed by atoms with Crippen molar-refractivity contribution in [2.45, 2.75) is 84.5 Å². The molecule has 0 saturated heterocycles. The molecule has 2 N–H and O–H groups in total. The van der Waals surface area contributed by atoms with E-state index in [2.05, 4.69) is 16.6 Å². The van der Waals surface area contributed by atoms with Crippen LogP contribution in [0.3, 0.4) is 0 Å². The highest BCUT2D eigenvalue weighted by Gasteiger charge is 2.36. The van der Waals surface area contributed by atoms with E-state index in [4.69, 9.17) is 11.2 Å². The molecule has 0 aliphatic rings. The maximum Gasteiger partial charge on any atom is 0.408 e. The lowest BCUT2D eigenvalue weighted by molar-refractivity contribution is -0.143. The highest BCUT2D eigenvalue weighted by Crippen LogP contribution is 2.25. The first kappa shape index (κ1) is 30.4. The van der Waals surface area contributed by atoms with Gasteiger partial charge < -0.3 is 20.3 Å². The van der Waals surface area contributed by atoms with Crippen molar-refractivity contribution in [2.24, 2.45) is 0 Å². The van der Waals surface area contributed by atoms with Gasteiger partial charge in [-0.3, -0.25) is 9.59 Å². The number of benzene rings is 1. The summed E-state index contributed by atoms with van der Waals surface area (Å²) >= 11 is 1.57. The minimum absolute atomic E-state index is 0.298. The number of thioether (sulfide) groups is 1. The van der Waals surface area contributed by atoms with Crippen molar-refractivity contribution < 1.29 is 19.1 Å². The third kappa shape index (κ3) is 10.6. The Labute approximate surface area is 215 Å². The molecule has 0 bridgehead atoms. The van der Waals surface area contributed by atoms with Crippen LogP contribution in [0.1, 0.15) is 78.5 Å². The number of terminal acetylenes is 1. The molecular formula is C27H41N3O4S. The fraction of sp³-hybridized carbons (Fsp3) is 0.593. The third-order valence-corrected chi connectivity index (χ3v) is 5.44. The molecule has 35 heavy (non-hydrogen) atoms. The molecule has 8 heteroatoms. The number of carbonyl (C=O) groups excluding carboxylic acids is 3. The molecule has 0 heterocycles. The zero-order valence-electron chi connectivity index (χ0n) is 22.4. The van der Waals surface area contributed by atoms with Crippen LogP contribution < -0.4 is 10.6 Å². The van der Waals surface area contributed by atoms with Gasteiger partial charge in [-0.05, 0) is 84.1 Å². The number of hydrogen-bond acceptors (Lipinski definition) is 5. The van der Waals surface area contributed by atoms with Gasteiger partial charge in [0.2, 0.25) is 11.8 Å². The summed E-state index contributed by atoms with van der Waals surface area (Å²) in [5, 5.41) is 5.74. The maximum atomic E-state index is 13.9. The Bertz CT molecular complexity index is 895. The SMILES string of the molecule is C#Cc1ccc(C(C(=O)NC(C)(C)C)N(CCC)C(=O)C(CCSC)NC(=O)OC(C)(C)C)cc1. The van der Waals surface area contributed by atoms with Gasteiger partial charge in [-0.1, -0.05) is 25.0 Å². The van der Waals surface area contributed by atoms with Gasteiger partial charge in [-0.2, -0.15) is 11.8 Å². The highest BCUT2D eigenvalue weighted by atomic mass is 32.2. The molecule has 0 radical (unpaired) electrons. The summed E-state index contributed by atoms with van der Waals surface area (Å²) in [6.45, 7) is 13.2. The number of nitrogens with one attached hydrogen (secondary N) is 2. The lowest BCUT2D eigenvalue weighted by Crippen LogP contribution is -2.55. The number of alkyl carbamates (subject to hydrolysis) is 1. The number of ether oxygens (including phenoxy) is 1. The van der Waals surface area contributed by atoms with Crippen molar-refractivity contribution in [3.8, 4) is 12.3 Å². The Morgan fingerprint density at radius 3 is 2.17 bits per heavy atom. The van der Waals surface area contributed by atoms with E-state index in [1.165, 1.54) is 0 Å². The molecule has 1 aromatic carbocycles. The molecule has 0 saturated carbocycles. The van der Waals surface area contributed by atoms with Gasteiger partial charge in [0.05, 0.1) is 0 Å². The molecule has 0 aliphatic carbocycles. The van der Waals surface area contributed by atoms with Crippen molar-refractivity contribution in [2.75, 3.05) is 18.6 Å². The van der Waals surface area contributed by atoms with E-state index in [9.17, 15) is 14.4 Å². The summed E-state index contributed by atoms with van der Waals surface area (Å²) < 4.78 is 5.40.